The predicted octanol–water partition coefficient (Wildman–Crippen LogP) is 2.31. The normalized spacial score (nSPS) is 26.6. The van der Waals surface area contributed by atoms with Gasteiger partial charge in [0.15, 0.2) is 0 Å². The molecule has 1 fully saturated rings. The summed E-state index contributed by atoms with van der Waals surface area (Å²) >= 11 is 0. The highest BCUT2D eigenvalue weighted by Gasteiger charge is 2.24. The zero-order valence-electron chi connectivity index (χ0n) is 8.87. The molecule has 3 heteroatoms. The molecule has 1 aromatic carbocycles. The van der Waals surface area contributed by atoms with E-state index in [0.717, 1.165) is 25.0 Å². The number of hydrogen-bond acceptors (Lipinski definition) is 2. The molecule has 1 saturated heterocycles. The van der Waals surface area contributed by atoms with Gasteiger partial charge in [0.1, 0.15) is 5.82 Å². The SMILES string of the molecule is Cc1cc(C2OCCCC2N)ccc1F. The first-order valence-corrected chi connectivity index (χ1v) is 5.31. The van der Waals surface area contributed by atoms with Gasteiger partial charge in [0.05, 0.1) is 6.10 Å². The van der Waals surface area contributed by atoms with Crippen molar-refractivity contribution < 1.29 is 9.13 Å². The van der Waals surface area contributed by atoms with Crippen LogP contribution in [0.3, 0.4) is 0 Å². The van der Waals surface area contributed by atoms with Crippen LogP contribution in [-0.4, -0.2) is 12.6 Å². The third-order valence-electron chi connectivity index (χ3n) is 2.88. The number of halogens is 1. The zero-order valence-corrected chi connectivity index (χ0v) is 8.87. The van der Waals surface area contributed by atoms with E-state index >= 15 is 0 Å². The van der Waals surface area contributed by atoms with Gasteiger partial charge in [-0.25, -0.2) is 4.39 Å². The average Bonchev–Trinajstić information content (AvgIpc) is 2.23. The van der Waals surface area contributed by atoms with Crippen LogP contribution < -0.4 is 5.73 Å². The van der Waals surface area contributed by atoms with E-state index in [9.17, 15) is 4.39 Å². The van der Waals surface area contributed by atoms with Crippen LogP contribution in [0.4, 0.5) is 4.39 Å². The Balaban J connectivity index is 2.24. The van der Waals surface area contributed by atoms with E-state index in [1.54, 1.807) is 13.0 Å². The van der Waals surface area contributed by atoms with Crippen molar-refractivity contribution in [2.45, 2.75) is 31.9 Å². The summed E-state index contributed by atoms with van der Waals surface area (Å²) in [5.41, 5.74) is 7.61. The summed E-state index contributed by atoms with van der Waals surface area (Å²) in [6.07, 6.45) is 1.91. The zero-order chi connectivity index (χ0) is 10.8. The molecule has 1 aliphatic heterocycles. The molecule has 0 aromatic heterocycles. The molecule has 2 unspecified atom stereocenters. The summed E-state index contributed by atoms with van der Waals surface area (Å²) < 4.78 is 18.7. The van der Waals surface area contributed by atoms with E-state index in [1.165, 1.54) is 6.07 Å². The van der Waals surface area contributed by atoms with E-state index in [2.05, 4.69) is 0 Å². The first kappa shape index (κ1) is 10.6. The van der Waals surface area contributed by atoms with Crippen LogP contribution in [0.2, 0.25) is 0 Å². The fourth-order valence-corrected chi connectivity index (χ4v) is 1.99. The van der Waals surface area contributed by atoms with Crippen molar-refractivity contribution in [3.63, 3.8) is 0 Å². The minimum absolute atomic E-state index is 0.0311. The second kappa shape index (κ2) is 4.29. The van der Waals surface area contributed by atoms with Gasteiger partial charge < -0.3 is 10.5 Å². The van der Waals surface area contributed by atoms with Crippen molar-refractivity contribution in [3.05, 3.63) is 35.1 Å². The lowest BCUT2D eigenvalue weighted by molar-refractivity contribution is 0.0000794. The van der Waals surface area contributed by atoms with Crippen LogP contribution in [0.25, 0.3) is 0 Å². The van der Waals surface area contributed by atoms with Crippen LogP contribution in [-0.2, 0) is 4.74 Å². The summed E-state index contributed by atoms with van der Waals surface area (Å²) in [6.45, 7) is 2.50. The third kappa shape index (κ3) is 2.19. The molecule has 0 aliphatic carbocycles. The van der Waals surface area contributed by atoms with Gasteiger partial charge >= 0.3 is 0 Å². The molecule has 15 heavy (non-hydrogen) atoms. The lowest BCUT2D eigenvalue weighted by Gasteiger charge is -2.29. The van der Waals surface area contributed by atoms with Crippen LogP contribution in [0.1, 0.15) is 30.1 Å². The van der Waals surface area contributed by atoms with Crippen molar-refractivity contribution in [3.8, 4) is 0 Å². The Bertz CT molecular complexity index is 353. The highest BCUT2D eigenvalue weighted by Crippen LogP contribution is 2.27. The third-order valence-corrected chi connectivity index (χ3v) is 2.88. The summed E-state index contributed by atoms with van der Waals surface area (Å²) in [5.74, 6) is -0.178. The van der Waals surface area contributed by atoms with Gasteiger partial charge in [0, 0.05) is 12.6 Å². The predicted molar refractivity (Wildman–Crippen MR) is 57.0 cm³/mol. The minimum Gasteiger partial charge on any atom is -0.372 e. The molecule has 0 bridgehead atoms. The lowest BCUT2D eigenvalue weighted by Crippen LogP contribution is -2.34. The Morgan fingerprint density at radius 3 is 2.93 bits per heavy atom. The molecular formula is C12H16FNO. The molecule has 2 atom stereocenters. The molecule has 0 spiro atoms. The molecule has 1 aliphatic rings. The van der Waals surface area contributed by atoms with Crippen LogP contribution in [0, 0.1) is 12.7 Å². The van der Waals surface area contributed by atoms with Crippen molar-refractivity contribution >= 4 is 0 Å². The molecule has 0 amide bonds. The van der Waals surface area contributed by atoms with E-state index in [1.807, 2.05) is 6.07 Å². The molecule has 1 aromatic rings. The number of hydrogen-bond donors (Lipinski definition) is 1. The molecule has 0 saturated carbocycles. The minimum atomic E-state index is -0.178. The van der Waals surface area contributed by atoms with E-state index in [0.29, 0.717) is 5.56 Å². The fraction of sp³-hybridized carbons (Fsp3) is 0.500. The van der Waals surface area contributed by atoms with E-state index in [4.69, 9.17) is 10.5 Å². The topological polar surface area (TPSA) is 35.2 Å². The molecule has 2 N–H and O–H groups in total. The Morgan fingerprint density at radius 1 is 1.47 bits per heavy atom. The van der Waals surface area contributed by atoms with Gasteiger partial charge in [-0.3, -0.25) is 0 Å². The number of rotatable bonds is 1. The van der Waals surface area contributed by atoms with E-state index < -0.39 is 0 Å². The van der Waals surface area contributed by atoms with Crippen LogP contribution >= 0.6 is 0 Å². The number of nitrogens with two attached hydrogens (primary N) is 1. The first-order valence-electron chi connectivity index (χ1n) is 5.31. The summed E-state index contributed by atoms with van der Waals surface area (Å²) in [5, 5.41) is 0. The maximum atomic E-state index is 13.1. The maximum Gasteiger partial charge on any atom is 0.126 e. The quantitative estimate of drug-likeness (QED) is 0.770. The maximum absolute atomic E-state index is 13.1. The molecular weight excluding hydrogens is 193 g/mol. The fourth-order valence-electron chi connectivity index (χ4n) is 1.99. The lowest BCUT2D eigenvalue weighted by atomic mass is 9.96. The first-order chi connectivity index (χ1) is 7.18. The van der Waals surface area contributed by atoms with Gasteiger partial charge in [0.25, 0.3) is 0 Å². The molecule has 0 radical (unpaired) electrons. The molecule has 1 heterocycles. The van der Waals surface area contributed by atoms with Crippen molar-refractivity contribution in [2.75, 3.05) is 6.61 Å². The second-order valence-corrected chi connectivity index (χ2v) is 4.11. The van der Waals surface area contributed by atoms with E-state index in [-0.39, 0.29) is 18.0 Å². The largest absolute Gasteiger partial charge is 0.372 e. The Morgan fingerprint density at radius 2 is 2.27 bits per heavy atom. The van der Waals surface area contributed by atoms with Gasteiger partial charge in [0.2, 0.25) is 0 Å². The molecule has 2 rings (SSSR count). The number of ether oxygens (including phenoxy) is 1. The van der Waals surface area contributed by atoms with Crippen molar-refractivity contribution in [2.24, 2.45) is 5.73 Å². The summed E-state index contributed by atoms with van der Waals surface area (Å²) in [4.78, 5) is 0. The highest BCUT2D eigenvalue weighted by molar-refractivity contribution is 5.26. The van der Waals surface area contributed by atoms with Crippen LogP contribution in [0.5, 0.6) is 0 Å². The smallest absolute Gasteiger partial charge is 0.126 e. The number of aryl methyl sites for hydroxylation is 1. The number of benzene rings is 1. The van der Waals surface area contributed by atoms with Crippen LogP contribution in [0.15, 0.2) is 18.2 Å². The highest BCUT2D eigenvalue weighted by atomic mass is 19.1. The average molecular weight is 209 g/mol. The van der Waals surface area contributed by atoms with Crippen molar-refractivity contribution in [1.29, 1.82) is 0 Å². The summed E-state index contributed by atoms with van der Waals surface area (Å²) in [7, 11) is 0. The van der Waals surface area contributed by atoms with Gasteiger partial charge in [-0.1, -0.05) is 12.1 Å². The Hall–Kier alpha value is -0.930. The van der Waals surface area contributed by atoms with Crippen molar-refractivity contribution in [1.82, 2.24) is 0 Å². The second-order valence-electron chi connectivity index (χ2n) is 4.11. The molecule has 82 valence electrons. The standard InChI is InChI=1S/C12H16FNO/c1-8-7-9(4-5-10(8)13)12-11(14)3-2-6-15-12/h4-5,7,11-12H,2-3,6,14H2,1H3. The van der Waals surface area contributed by atoms with Gasteiger partial charge in [-0.15, -0.1) is 0 Å². The molecule has 2 nitrogen and oxygen atoms in total. The summed E-state index contributed by atoms with van der Waals surface area (Å²) in [6, 6.07) is 5.10. The van der Waals surface area contributed by atoms with Gasteiger partial charge in [-0.2, -0.15) is 0 Å². The Labute approximate surface area is 89.2 Å². The monoisotopic (exact) mass is 209 g/mol. The Kier molecular flexibility index (Phi) is 3.03. The van der Waals surface area contributed by atoms with Gasteiger partial charge in [-0.05, 0) is 37.0 Å².